The Morgan fingerprint density at radius 1 is 1.04 bits per heavy atom. The van der Waals surface area contributed by atoms with Gasteiger partial charge < -0.3 is 15.0 Å². The Bertz CT molecular complexity index is 713. The lowest BCUT2D eigenvalue weighted by atomic mass is 10.0. The molecule has 1 heterocycles. The highest BCUT2D eigenvalue weighted by Crippen LogP contribution is 2.16. The van der Waals surface area contributed by atoms with Crippen molar-refractivity contribution in [1.29, 1.82) is 0 Å². The predicted molar refractivity (Wildman–Crippen MR) is 90.5 cm³/mol. The van der Waals surface area contributed by atoms with Crippen molar-refractivity contribution < 1.29 is 14.3 Å². The molecule has 0 bridgehead atoms. The van der Waals surface area contributed by atoms with Gasteiger partial charge in [-0.1, -0.05) is 42.5 Å². The Balaban J connectivity index is 1.70. The van der Waals surface area contributed by atoms with Gasteiger partial charge in [0.2, 0.25) is 11.8 Å². The maximum atomic E-state index is 12.7. The summed E-state index contributed by atoms with van der Waals surface area (Å²) in [5.74, 6) is 0.599. The van der Waals surface area contributed by atoms with Crippen LogP contribution in [0.3, 0.4) is 0 Å². The number of piperazine rings is 1. The summed E-state index contributed by atoms with van der Waals surface area (Å²) in [4.78, 5) is 26.3. The summed E-state index contributed by atoms with van der Waals surface area (Å²) < 4.78 is 5.14. The lowest BCUT2D eigenvalue weighted by molar-refractivity contribution is -0.144. The molecule has 1 atom stereocenters. The maximum absolute atomic E-state index is 12.7. The monoisotopic (exact) mass is 324 g/mol. The van der Waals surface area contributed by atoms with Gasteiger partial charge in [0.1, 0.15) is 11.8 Å². The zero-order valence-electron chi connectivity index (χ0n) is 13.6. The Hall–Kier alpha value is -2.82. The number of hydrogen-bond donors (Lipinski definition) is 1. The van der Waals surface area contributed by atoms with Gasteiger partial charge in [-0.15, -0.1) is 0 Å². The van der Waals surface area contributed by atoms with Crippen LogP contribution in [0.1, 0.15) is 11.1 Å². The number of rotatable bonds is 5. The summed E-state index contributed by atoms with van der Waals surface area (Å²) in [7, 11) is 1.61. The van der Waals surface area contributed by atoms with Crippen molar-refractivity contribution in [3.8, 4) is 5.75 Å². The zero-order valence-corrected chi connectivity index (χ0v) is 13.6. The van der Waals surface area contributed by atoms with Crippen molar-refractivity contribution in [3.63, 3.8) is 0 Å². The summed E-state index contributed by atoms with van der Waals surface area (Å²) >= 11 is 0. The largest absolute Gasteiger partial charge is 0.497 e. The average Bonchev–Trinajstić information content (AvgIpc) is 2.60. The number of nitrogens with one attached hydrogen (secondary N) is 1. The van der Waals surface area contributed by atoms with E-state index in [4.69, 9.17) is 4.74 Å². The fourth-order valence-corrected chi connectivity index (χ4v) is 2.85. The van der Waals surface area contributed by atoms with E-state index < -0.39 is 6.04 Å². The van der Waals surface area contributed by atoms with Crippen LogP contribution in [-0.4, -0.2) is 36.4 Å². The minimum absolute atomic E-state index is 0.0470. The van der Waals surface area contributed by atoms with Gasteiger partial charge in [0, 0.05) is 13.0 Å². The third-order valence-electron chi connectivity index (χ3n) is 4.09. The Morgan fingerprint density at radius 3 is 2.42 bits per heavy atom. The molecule has 2 aromatic rings. The third kappa shape index (κ3) is 3.74. The van der Waals surface area contributed by atoms with Crippen molar-refractivity contribution in [3.05, 3.63) is 65.7 Å². The molecule has 0 unspecified atom stereocenters. The number of nitrogens with zero attached hydrogens (tertiary/aromatic N) is 1. The second-order valence-corrected chi connectivity index (χ2v) is 5.85. The van der Waals surface area contributed by atoms with Crippen LogP contribution in [0.25, 0.3) is 0 Å². The molecule has 0 radical (unpaired) electrons. The highest BCUT2D eigenvalue weighted by atomic mass is 16.5. The molecule has 1 N–H and O–H groups in total. The van der Waals surface area contributed by atoms with Gasteiger partial charge in [0.15, 0.2) is 0 Å². The van der Waals surface area contributed by atoms with E-state index >= 15 is 0 Å². The number of hydrogen-bond acceptors (Lipinski definition) is 3. The average molecular weight is 324 g/mol. The molecule has 5 nitrogen and oxygen atoms in total. The van der Waals surface area contributed by atoms with Gasteiger partial charge in [0.05, 0.1) is 13.7 Å². The van der Waals surface area contributed by atoms with Gasteiger partial charge in [0.25, 0.3) is 0 Å². The van der Waals surface area contributed by atoms with Gasteiger partial charge in [-0.2, -0.15) is 0 Å². The van der Waals surface area contributed by atoms with E-state index in [-0.39, 0.29) is 18.4 Å². The fraction of sp³-hybridized carbons (Fsp3) is 0.263. The molecule has 0 aromatic heterocycles. The Labute approximate surface area is 141 Å². The fourth-order valence-electron chi connectivity index (χ4n) is 2.85. The van der Waals surface area contributed by atoms with E-state index in [2.05, 4.69) is 5.32 Å². The van der Waals surface area contributed by atoms with Crippen LogP contribution in [0.5, 0.6) is 5.75 Å². The molecule has 5 heteroatoms. The highest BCUT2D eigenvalue weighted by Gasteiger charge is 2.32. The van der Waals surface area contributed by atoms with E-state index in [9.17, 15) is 9.59 Å². The summed E-state index contributed by atoms with van der Waals surface area (Å²) in [6.07, 6.45) is 0.472. The zero-order chi connectivity index (χ0) is 16.9. The first-order valence-corrected chi connectivity index (χ1v) is 7.90. The van der Waals surface area contributed by atoms with Crippen LogP contribution in [0.4, 0.5) is 0 Å². The molecule has 124 valence electrons. The van der Waals surface area contributed by atoms with Crippen LogP contribution in [0, 0.1) is 0 Å². The molecular weight excluding hydrogens is 304 g/mol. The number of benzene rings is 2. The lowest BCUT2D eigenvalue weighted by Crippen LogP contribution is -2.58. The van der Waals surface area contributed by atoms with E-state index in [1.54, 1.807) is 12.0 Å². The molecule has 1 saturated heterocycles. The molecular formula is C19H20N2O3. The van der Waals surface area contributed by atoms with Crippen molar-refractivity contribution in [2.24, 2.45) is 0 Å². The van der Waals surface area contributed by atoms with E-state index in [0.717, 1.165) is 16.9 Å². The van der Waals surface area contributed by atoms with Crippen molar-refractivity contribution in [1.82, 2.24) is 10.2 Å². The van der Waals surface area contributed by atoms with Crippen molar-refractivity contribution >= 4 is 11.8 Å². The van der Waals surface area contributed by atoms with Crippen molar-refractivity contribution in [2.45, 2.75) is 19.0 Å². The van der Waals surface area contributed by atoms with Crippen LogP contribution in [0.2, 0.25) is 0 Å². The van der Waals surface area contributed by atoms with Gasteiger partial charge >= 0.3 is 0 Å². The molecule has 2 amide bonds. The summed E-state index contributed by atoms with van der Waals surface area (Å²) in [6.45, 7) is 0.555. The molecule has 1 aliphatic heterocycles. The van der Waals surface area contributed by atoms with Crippen LogP contribution in [0.15, 0.2) is 54.6 Å². The molecule has 24 heavy (non-hydrogen) atoms. The first kappa shape index (κ1) is 16.1. The first-order chi connectivity index (χ1) is 11.7. The second kappa shape index (κ2) is 7.17. The number of methoxy groups -OCH3 is 1. The van der Waals surface area contributed by atoms with E-state index in [1.165, 1.54) is 0 Å². The Morgan fingerprint density at radius 2 is 1.75 bits per heavy atom. The summed E-state index contributed by atoms with van der Waals surface area (Å²) in [5, 5.41) is 2.80. The van der Waals surface area contributed by atoms with Gasteiger partial charge in [-0.25, -0.2) is 0 Å². The molecule has 1 fully saturated rings. The number of carbonyl (C=O) groups is 2. The molecule has 0 aliphatic carbocycles. The highest BCUT2D eigenvalue weighted by molar-refractivity contribution is 5.95. The summed E-state index contributed by atoms with van der Waals surface area (Å²) in [5.41, 5.74) is 2.00. The molecule has 2 aromatic carbocycles. The first-order valence-electron chi connectivity index (χ1n) is 7.90. The standard InChI is InChI=1S/C19H20N2O3/c1-24-16-9-7-14(8-10-16)11-17-19(23)21(13-18(22)20-17)12-15-5-3-2-4-6-15/h2-10,17H,11-13H2,1H3,(H,20,22)/t17-/m1/s1. The second-order valence-electron chi connectivity index (χ2n) is 5.85. The number of amides is 2. The topological polar surface area (TPSA) is 58.6 Å². The van der Waals surface area contributed by atoms with Gasteiger partial charge in [-0.05, 0) is 23.3 Å². The van der Waals surface area contributed by atoms with Crippen LogP contribution in [-0.2, 0) is 22.6 Å². The molecule has 1 aliphatic rings. The number of carbonyl (C=O) groups excluding carboxylic acids is 2. The molecule has 0 saturated carbocycles. The normalized spacial score (nSPS) is 17.5. The molecule has 3 rings (SSSR count). The van der Waals surface area contributed by atoms with Crippen molar-refractivity contribution in [2.75, 3.05) is 13.7 Å². The number of ether oxygens (including phenoxy) is 1. The van der Waals surface area contributed by atoms with Gasteiger partial charge in [-0.3, -0.25) is 9.59 Å². The third-order valence-corrected chi connectivity index (χ3v) is 4.09. The van der Waals surface area contributed by atoms with Crippen LogP contribution < -0.4 is 10.1 Å². The predicted octanol–water partition coefficient (Wildman–Crippen LogP) is 1.76. The Kier molecular flexibility index (Phi) is 4.79. The lowest BCUT2D eigenvalue weighted by Gasteiger charge is -2.32. The quantitative estimate of drug-likeness (QED) is 0.912. The minimum Gasteiger partial charge on any atom is -0.497 e. The summed E-state index contributed by atoms with van der Waals surface area (Å²) in [6, 6.07) is 16.7. The van der Waals surface area contributed by atoms with E-state index in [1.807, 2.05) is 54.6 Å². The maximum Gasteiger partial charge on any atom is 0.246 e. The molecule has 0 spiro atoms. The SMILES string of the molecule is COc1ccc(C[C@H]2NC(=O)CN(Cc3ccccc3)C2=O)cc1. The van der Waals surface area contributed by atoms with Crippen LogP contribution >= 0.6 is 0 Å². The minimum atomic E-state index is -0.525. The smallest absolute Gasteiger partial charge is 0.246 e. The van der Waals surface area contributed by atoms with E-state index in [0.29, 0.717) is 13.0 Å².